The maximum absolute atomic E-state index is 13.7. The Morgan fingerprint density at radius 2 is 1.77 bits per heavy atom. The highest BCUT2D eigenvalue weighted by Crippen LogP contribution is 2.47. The maximum atomic E-state index is 13.7. The van der Waals surface area contributed by atoms with Gasteiger partial charge in [-0.05, 0) is 98.9 Å². The van der Waals surface area contributed by atoms with Gasteiger partial charge >= 0.3 is 5.97 Å². The van der Waals surface area contributed by atoms with Crippen molar-refractivity contribution in [2.75, 3.05) is 19.6 Å². The van der Waals surface area contributed by atoms with Gasteiger partial charge < -0.3 is 14.7 Å². The van der Waals surface area contributed by atoms with E-state index in [1.54, 1.807) is 0 Å². The summed E-state index contributed by atoms with van der Waals surface area (Å²) in [5, 5.41) is 9.66. The molecule has 2 aromatic carbocycles. The summed E-state index contributed by atoms with van der Waals surface area (Å²) in [7, 11) is 0. The molecule has 2 aliphatic heterocycles. The number of carboxylic acid groups (broad SMARTS) is 1. The van der Waals surface area contributed by atoms with Crippen molar-refractivity contribution < 1.29 is 23.8 Å². The fourth-order valence-corrected chi connectivity index (χ4v) is 6.63. The Bertz CT molecular complexity index is 1530. The Kier molecular flexibility index (Phi) is 8.23. The lowest BCUT2D eigenvalue weighted by atomic mass is 9.93. The first-order valence-corrected chi connectivity index (χ1v) is 15.6. The van der Waals surface area contributed by atoms with Gasteiger partial charge in [0.25, 0.3) is 5.91 Å². The van der Waals surface area contributed by atoms with Crippen molar-refractivity contribution in [3.63, 3.8) is 0 Å². The highest BCUT2D eigenvalue weighted by Gasteiger charge is 2.35. The van der Waals surface area contributed by atoms with E-state index in [-0.39, 0.29) is 29.4 Å². The SMILES string of the molecule is CCc1nc2c(cc1C(=O)O)C(=O)N(C1CCN(Cc3cc(C4CC4)c(-c4ccc(F)cc4)cc3OC(C)C)CC1)CC2. The molecule has 3 aliphatic rings. The van der Waals surface area contributed by atoms with E-state index in [2.05, 4.69) is 22.0 Å². The normalized spacial score (nSPS) is 17.8. The number of pyridine rings is 1. The van der Waals surface area contributed by atoms with E-state index in [9.17, 15) is 19.1 Å². The molecule has 0 unspecified atom stereocenters. The van der Waals surface area contributed by atoms with Crippen molar-refractivity contribution in [1.82, 2.24) is 14.8 Å². The molecule has 3 heterocycles. The number of fused-ring (bicyclic) bond motifs is 1. The topological polar surface area (TPSA) is 83.0 Å². The molecular formula is C35H40FN3O4. The lowest BCUT2D eigenvalue weighted by Gasteiger charge is -2.40. The van der Waals surface area contributed by atoms with Crippen LogP contribution in [0.5, 0.6) is 5.75 Å². The van der Waals surface area contributed by atoms with Crippen LogP contribution >= 0.6 is 0 Å². The summed E-state index contributed by atoms with van der Waals surface area (Å²) < 4.78 is 20.0. The summed E-state index contributed by atoms with van der Waals surface area (Å²) in [6.07, 6.45) is 5.24. The molecule has 226 valence electrons. The molecule has 8 heteroatoms. The summed E-state index contributed by atoms with van der Waals surface area (Å²) in [5.74, 6) is 0.0161. The van der Waals surface area contributed by atoms with Gasteiger partial charge in [0.1, 0.15) is 11.6 Å². The van der Waals surface area contributed by atoms with Crippen molar-refractivity contribution in [3.8, 4) is 16.9 Å². The number of rotatable bonds is 9. The maximum Gasteiger partial charge on any atom is 0.337 e. The number of carboxylic acids is 1. The van der Waals surface area contributed by atoms with Crippen molar-refractivity contribution in [3.05, 3.63) is 81.9 Å². The molecule has 1 aromatic heterocycles. The molecule has 3 aromatic rings. The Balaban J connectivity index is 1.18. The van der Waals surface area contributed by atoms with Crippen LogP contribution in [-0.2, 0) is 19.4 Å². The van der Waals surface area contributed by atoms with Crippen LogP contribution in [0.4, 0.5) is 4.39 Å². The minimum Gasteiger partial charge on any atom is -0.491 e. The molecule has 1 amide bonds. The van der Waals surface area contributed by atoms with E-state index in [1.807, 2.05) is 37.8 Å². The number of carbonyl (C=O) groups excluding carboxylic acids is 1. The number of amides is 1. The second kappa shape index (κ2) is 12.1. The van der Waals surface area contributed by atoms with Gasteiger partial charge in [0, 0.05) is 44.2 Å². The number of hydrogen-bond acceptors (Lipinski definition) is 5. The minimum atomic E-state index is -1.04. The number of benzene rings is 2. The van der Waals surface area contributed by atoms with Gasteiger partial charge in [-0.2, -0.15) is 0 Å². The highest BCUT2D eigenvalue weighted by atomic mass is 19.1. The van der Waals surface area contributed by atoms with E-state index in [4.69, 9.17) is 4.74 Å². The van der Waals surface area contributed by atoms with Crippen LogP contribution in [0, 0.1) is 5.82 Å². The molecule has 43 heavy (non-hydrogen) atoms. The van der Waals surface area contributed by atoms with Gasteiger partial charge in [-0.25, -0.2) is 9.18 Å². The number of likely N-dealkylation sites (tertiary alicyclic amines) is 1. The summed E-state index contributed by atoms with van der Waals surface area (Å²) in [6.45, 7) is 9.04. The van der Waals surface area contributed by atoms with Crippen molar-refractivity contribution in [2.45, 2.75) is 83.9 Å². The predicted molar refractivity (Wildman–Crippen MR) is 163 cm³/mol. The van der Waals surface area contributed by atoms with Gasteiger partial charge in [0.2, 0.25) is 0 Å². The number of halogens is 1. The summed E-state index contributed by atoms with van der Waals surface area (Å²) in [6, 6.07) is 12.8. The molecule has 1 N–H and O–H groups in total. The van der Waals surface area contributed by atoms with Crippen LogP contribution in [0.15, 0.2) is 42.5 Å². The minimum absolute atomic E-state index is 0.0230. The monoisotopic (exact) mass is 585 g/mol. The average molecular weight is 586 g/mol. The zero-order chi connectivity index (χ0) is 30.2. The third-order valence-electron chi connectivity index (χ3n) is 8.99. The Hall–Kier alpha value is -3.78. The number of nitrogens with zero attached hydrogens (tertiary/aromatic N) is 3. The quantitative estimate of drug-likeness (QED) is 0.310. The molecule has 0 bridgehead atoms. The van der Waals surface area contributed by atoms with E-state index in [0.29, 0.717) is 42.3 Å². The largest absolute Gasteiger partial charge is 0.491 e. The number of piperidine rings is 1. The third kappa shape index (κ3) is 6.16. The molecule has 0 spiro atoms. The second-order valence-corrected chi connectivity index (χ2v) is 12.4. The van der Waals surface area contributed by atoms with E-state index in [1.165, 1.54) is 42.2 Å². The first kappa shape index (κ1) is 29.3. The number of hydrogen-bond donors (Lipinski definition) is 1. The molecule has 1 saturated carbocycles. The van der Waals surface area contributed by atoms with Crippen LogP contribution in [0.3, 0.4) is 0 Å². The molecule has 6 rings (SSSR count). The number of carbonyl (C=O) groups is 2. The number of aromatic nitrogens is 1. The van der Waals surface area contributed by atoms with Gasteiger partial charge in [0.15, 0.2) is 0 Å². The van der Waals surface area contributed by atoms with Gasteiger partial charge in [-0.1, -0.05) is 19.1 Å². The fraction of sp³-hybridized carbons (Fsp3) is 0.457. The van der Waals surface area contributed by atoms with Crippen molar-refractivity contribution in [1.29, 1.82) is 0 Å². The smallest absolute Gasteiger partial charge is 0.337 e. The summed E-state index contributed by atoms with van der Waals surface area (Å²) >= 11 is 0. The number of aryl methyl sites for hydroxylation is 1. The van der Waals surface area contributed by atoms with Crippen LogP contribution in [0.1, 0.15) is 95.6 Å². The predicted octanol–water partition coefficient (Wildman–Crippen LogP) is 6.48. The van der Waals surface area contributed by atoms with Gasteiger partial charge in [-0.3, -0.25) is 14.7 Å². The summed E-state index contributed by atoms with van der Waals surface area (Å²) in [4.78, 5) is 34.3. The lowest BCUT2D eigenvalue weighted by Crippen LogP contribution is -2.50. The molecule has 1 saturated heterocycles. The number of aromatic carboxylic acids is 1. The Morgan fingerprint density at radius 1 is 1.05 bits per heavy atom. The Morgan fingerprint density at radius 3 is 2.40 bits per heavy atom. The summed E-state index contributed by atoms with van der Waals surface area (Å²) in [5.41, 5.74) is 6.43. The van der Waals surface area contributed by atoms with E-state index < -0.39 is 5.97 Å². The first-order chi connectivity index (χ1) is 20.7. The van der Waals surface area contributed by atoms with Crippen LogP contribution in [0.2, 0.25) is 0 Å². The molecule has 1 aliphatic carbocycles. The second-order valence-electron chi connectivity index (χ2n) is 12.4. The standard InChI is InChI=1S/C35H40FN3O4/c1-4-31-30(35(41)42)18-29-32(37-31)13-16-39(34(29)40)26-11-14-38(15-12-26)20-24-17-27(22-5-6-22)28(19-33(24)43-21(2)3)23-7-9-25(36)10-8-23/h7-10,17-19,21-22,26H,4-6,11-16,20H2,1-3H3,(H,41,42). The molecule has 7 nitrogen and oxygen atoms in total. The Labute approximate surface area is 252 Å². The lowest BCUT2D eigenvalue weighted by molar-refractivity contribution is 0.0542. The first-order valence-electron chi connectivity index (χ1n) is 15.6. The van der Waals surface area contributed by atoms with Crippen molar-refractivity contribution in [2.24, 2.45) is 0 Å². The molecular weight excluding hydrogens is 545 g/mol. The zero-order valence-corrected chi connectivity index (χ0v) is 25.2. The molecule has 0 radical (unpaired) electrons. The van der Waals surface area contributed by atoms with Crippen molar-refractivity contribution >= 4 is 11.9 Å². The number of ether oxygens (including phenoxy) is 1. The van der Waals surface area contributed by atoms with Crippen LogP contribution in [0.25, 0.3) is 11.1 Å². The third-order valence-corrected chi connectivity index (χ3v) is 8.99. The van der Waals surface area contributed by atoms with Gasteiger partial charge in [0.05, 0.1) is 28.6 Å². The average Bonchev–Trinajstić information content (AvgIpc) is 3.84. The van der Waals surface area contributed by atoms with Crippen LogP contribution < -0.4 is 4.74 Å². The molecule has 0 atom stereocenters. The fourth-order valence-electron chi connectivity index (χ4n) is 6.63. The molecule has 2 fully saturated rings. The zero-order valence-electron chi connectivity index (χ0n) is 25.2. The van der Waals surface area contributed by atoms with E-state index >= 15 is 0 Å². The highest BCUT2D eigenvalue weighted by molar-refractivity contribution is 5.99. The van der Waals surface area contributed by atoms with Gasteiger partial charge in [-0.15, -0.1) is 0 Å². The van der Waals surface area contributed by atoms with Crippen LogP contribution in [-0.4, -0.2) is 63.5 Å². The van der Waals surface area contributed by atoms with E-state index in [0.717, 1.165) is 49.4 Å².